The molecule has 0 unspecified atom stereocenters. The predicted molar refractivity (Wildman–Crippen MR) is 144 cm³/mol. The van der Waals surface area contributed by atoms with Gasteiger partial charge in [-0.3, -0.25) is 4.79 Å². The van der Waals surface area contributed by atoms with Gasteiger partial charge in [-0.05, 0) is 66.2 Å². The Bertz CT molecular complexity index is 1620. The van der Waals surface area contributed by atoms with Crippen molar-refractivity contribution in [1.29, 1.82) is 0 Å². The van der Waals surface area contributed by atoms with Crippen LogP contribution in [0.25, 0.3) is 28.4 Å². The van der Waals surface area contributed by atoms with E-state index in [-0.39, 0.29) is 5.78 Å². The van der Waals surface area contributed by atoms with Crippen LogP contribution in [-0.4, -0.2) is 18.9 Å². The average molecular weight is 509 g/mol. The van der Waals surface area contributed by atoms with Gasteiger partial charge in [0.2, 0.25) is 0 Å². The number of hydrogen-bond acceptors (Lipinski definition) is 5. The fourth-order valence-corrected chi connectivity index (χ4v) is 4.05. The number of ether oxygens (including phenoxy) is 2. The predicted octanol–water partition coefficient (Wildman–Crippen LogP) is 7.88. The van der Waals surface area contributed by atoms with Crippen molar-refractivity contribution in [3.8, 4) is 22.8 Å². The summed E-state index contributed by atoms with van der Waals surface area (Å²) in [7, 11) is 1.56. The Hall–Kier alpha value is -4.61. The molecule has 0 fully saturated rings. The van der Waals surface area contributed by atoms with Crippen LogP contribution in [0.2, 0.25) is 5.02 Å². The first-order chi connectivity index (χ1) is 18.0. The number of fused-ring (bicyclic) bond motifs is 1. The van der Waals surface area contributed by atoms with Gasteiger partial charge in [0.25, 0.3) is 0 Å². The van der Waals surface area contributed by atoms with E-state index in [9.17, 15) is 9.59 Å². The van der Waals surface area contributed by atoms with Crippen LogP contribution in [-0.2, 0) is 0 Å². The maximum Gasteiger partial charge on any atom is 0.348 e. The maximum atomic E-state index is 13.5. The first-order valence-electron chi connectivity index (χ1n) is 11.5. The van der Waals surface area contributed by atoms with Gasteiger partial charge in [0.15, 0.2) is 5.78 Å². The summed E-state index contributed by atoms with van der Waals surface area (Å²) in [5.74, 6) is 0.620. The second-order valence-corrected chi connectivity index (χ2v) is 8.64. The van der Waals surface area contributed by atoms with Crippen molar-refractivity contribution in [2.45, 2.75) is 0 Å². The zero-order chi connectivity index (χ0) is 25.8. The fraction of sp³-hybridized carbons (Fsp3) is 0.0323. The fourth-order valence-electron chi connectivity index (χ4n) is 3.92. The summed E-state index contributed by atoms with van der Waals surface area (Å²) in [6.07, 6.45) is 3.13. The van der Waals surface area contributed by atoms with Gasteiger partial charge >= 0.3 is 5.97 Å². The molecule has 0 aliphatic carbocycles. The van der Waals surface area contributed by atoms with Gasteiger partial charge in [0.05, 0.1) is 7.11 Å². The van der Waals surface area contributed by atoms with Gasteiger partial charge in [0, 0.05) is 21.5 Å². The van der Waals surface area contributed by atoms with E-state index in [2.05, 4.69) is 0 Å². The highest BCUT2D eigenvalue weighted by molar-refractivity contribution is 6.30. The lowest BCUT2D eigenvalue weighted by atomic mass is 10.1. The minimum absolute atomic E-state index is 0.162. The van der Waals surface area contributed by atoms with E-state index in [0.717, 1.165) is 5.56 Å². The van der Waals surface area contributed by atoms with E-state index in [4.69, 9.17) is 25.5 Å². The van der Waals surface area contributed by atoms with Crippen LogP contribution in [0.4, 0.5) is 0 Å². The molecule has 182 valence electrons. The molecular weight excluding hydrogens is 488 g/mol. The molecule has 0 amide bonds. The summed E-state index contributed by atoms with van der Waals surface area (Å²) in [5, 5.41) is 1.15. The summed E-state index contributed by atoms with van der Waals surface area (Å²) >= 11 is 5.89. The number of methoxy groups -OCH3 is 1. The molecule has 4 aromatic carbocycles. The van der Waals surface area contributed by atoms with Crippen LogP contribution >= 0.6 is 11.6 Å². The van der Waals surface area contributed by atoms with Crippen LogP contribution in [0.5, 0.6) is 11.5 Å². The zero-order valence-electron chi connectivity index (χ0n) is 19.8. The summed E-state index contributed by atoms with van der Waals surface area (Å²) in [6, 6.07) is 28.3. The van der Waals surface area contributed by atoms with Crippen molar-refractivity contribution in [2.75, 3.05) is 7.11 Å². The number of esters is 1. The molecule has 6 heteroatoms. The van der Waals surface area contributed by atoms with Gasteiger partial charge in [-0.2, -0.15) is 0 Å². The second kappa shape index (κ2) is 10.6. The van der Waals surface area contributed by atoms with Crippen molar-refractivity contribution in [3.05, 3.63) is 125 Å². The molecule has 5 rings (SSSR count). The van der Waals surface area contributed by atoms with Crippen LogP contribution in [0.15, 0.2) is 108 Å². The summed E-state index contributed by atoms with van der Waals surface area (Å²) < 4.78 is 17.2. The molecular formula is C31H21ClO5. The Balaban J connectivity index is 1.44. The Morgan fingerprint density at radius 1 is 0.838 bits per heavy atom. The maximum absolute atomic E-state index is 13.5. The highest BCUT2D eigenvalue weighted by atomic mass is 35.5. The Morgan fingerprint density at radius 2 is 1.62 bits per heavy atom. The number of allylic oxidation sites excluding steroid dienone is 1. The number of benzene rings is 4. The number of ketones is 1. The molecule has 37 heavy (non-hydrogen) atoms. The number of furan rings is 1. The molecule has 0 saturated heterocycles. The second-order valence-electron chi connectivity index (χ2n) is 8.20. The highest BCUT2D eigenvalue weighted by Crippen LogP contribution is 2.36. The average Bonchev–Trinajstić information content (AvgIpc) is 3.32. The molecule has 0 bridgehead atoms. The van der Waals surface area contributed by atoms with E-state index in [1.54, 1.807) is 73.8 Å². The first kappa shape index (κ1) is 24.1. The lowest BCUT2D eigenvalue weighted by molar-refractivity contribution is 0.0736. The Morgan fingerprint density at radius 3 is 2.38 bits per heavy atom. The lowest BCUT2D eigenvalue weighted by Crippen LogP contribution is -2.09. The third-order valence-corrected chi connectivity index (χ3v) is 6.01. The Kier molecular flexibility index (Phi) is 6.88. The van der Waals surface area contributed by atoms with Crippen LogP contribution in [0, 0.1) is 0 Å². The van der Waals surface area contributed by atoms with Gasteiger partial charge < -0.3 is 13.9 Å². The molecule has 0 spiro atoms. The number of hydrogen-bond donors (Lipinski definition) is 0. The molecule has 0 aliphatic heterocycles. The highest BCUT2D eigenvalue weighted by Gasteiger charge is 2.24. The van der Waals surface area contributed by atoms with Crippen molar-refractivity contribution >= 4 is 40.4 Å². The third-order valence-electron chi connectivity index (χ3n) is 5.76. The zero-order valence-corrected chi connectivity index (χ0v) is 20.6. The standard InChI is InChI=1S/C31H21ClO5/c1-35-24-15-17-28-26(19-24)29(30(37-28)22-7-3-2-4-8-22)31(34)36-25-9-5-6-20(18-25)10-16-27(33)21-11-13-23(32)14-12-21/h2-19H,1H3. The monoisotopic (exact) mass is 508 g/mol. The van der Waals surface area contributed by atoms with Gasteiger partial charge in [0.1, 0.15) is 28.4 Å². The van der Waals surface area contributed by atoms with Crippen LogP contribution < -0.4 is 9.47 Å². The molecule has 1 heterocycles. The molecule has 5 aromatic rings. The van der Waals surface area contributed by atoms with E-state index >= 15 is 0 Å². The summed E-state index contributed by atoms with van der Waals surface area (Å²) in [6.45, 7) is 0. The molecule has 1 aromatic heterocycles. The Labute approximate surface area is 218 Å². The molecule has 0 saturated carbocycles. The van der Waals surface area contributed by atoms with Gasteiger partial charge in [-0.15, -0.1) is 0 Å². The van der Waals surface area contributed by atoms with Crippen LogP contribution in [0.1, 0.15) is 26.3 Å². The van der Waals surface area contributed by atoms with Crippen LogP contribution in [0.3, 0.4) is 0 Å². The minimum Gasteiger partial charge on any atom is -0.497 e. The number of carbonyl (C=O) groups excluding carboxylic acids is 2. The smallest absolute Gasteiger partial charge is 0.348 e. The third kappa shape index (κ3) is 5.32. The largest absolute Gasteiger partial charge is 0.497 e. The first-order valence-corrected chi connectivity index (χ1v) is 11.9. The quantitative estimate of drug-likeness (QED) is 0.0968. The molecule has 0 N–H and O–H groups in total. The van der Waals surface area contributed by atoms with E-state index in [1.165, 1.54) is 6.08 Å². The van der Waals surface area contributed by atoms with Gasteiger partial charge in [-0.1, -0.05) is 60.1 Å². The molecule has 0 aliphatic rings. The normalized spacial score (nSPS) is 11.1. The number of halogens is 1. The minimum atomic E-state index is -0.566. The molecule has 0 atom stereocenters. The topological polar surface area (TPSA) is 65.7 Å². The number of carbonyl (C=O) groups is 2. The molecule has 0 radical (unpaired) electrons. The lowest BCUT2D eigenvalue weighted by Gasteiger charge is -2.07. The van der Waals surface area contributed by atoms with E-state index in [1.807, 2.05) is 36.4 Å². The van der Waals surface area contributed by atoms with E-state index in [0.29, 0.717) is 49.9 Å². The molecule has 5 nitrogen and oxygen atoms in total. The van der Waals surface area contributed by atoms with E-state index < -0.39 is 5.97 Å². The number of rotatable bonds is 7. The summed E-state index contributed by atoms with van der Waals surface area (Å²) in [4.78, 5) is 25.9. The van der Waals surface area contributed by atoms with Crippen molar-refractivity contribution in [1.82, 2.24) is 0 Å². The van der Waals surface area contributed by atoms with Crippen molar-refractivity contribution < 1.29 is 23.5 Å². The van der Waals surface area contributed by atoms with Crippen molar-refractivity contribution in [2.24, 2.45) is 0 Å². The van der Waals surface area contributed by atoms with Crippen molar-refractivity contribution in [3.63, 3.8) is 0 Å². The summed E-state index contributed by atoms with van der Waals surface area (Å²) in [5.41, 5.74) is 2.83. The SMILES string of the molecule is COc1ccc2oc(-c3ccccc3)c(C(=O)Oc3cccc(C=CC(=O)c4ccc(Cl)cc4)c3)c2c1. The van der Waals surface area contributed by atoms with Gasteiger partial charge in [-0.25, -0.2) is 4.79 Å².